The Balaban J connectivity index is 1.68. The van der Waals surface area contributed by atoms with Gasteiger partial charge in [-0.15, -0.1) is 0 Å². The third-order valence-electron chi connectivity index (χ3n) is 4.30. The summed E-state index contributed by atoms with van der Waals surface area (Å²) in [6.07, 6.45) is -0.128. The maximum atomic E-state index is 13.0. The van der Waals surface area contributed by atoms with Crippen LogP contribution in [0.25, 0.3) is 10.9 Å². The van der Waals surface area contributed by atoms with E-state index >= 15 is 0 Å². The summed E-state index contributed by atoms with van der Waals surface area (Å²) < 4.78 is 39.8. The van der Waals surface area contributed by atoms with E-state index in [1.54, 1.807) is 18.2 Å². The largest absolute Gasteiger partial charge is 0.451 e. The Kier molecular flexibility index (Phi) is 5.78. The molecule has 3 rings (SSSR count). The summed E-state index contributed by atoms with van der Waals surface area (Å²) in [5.74, 6) is -0.873. The molecule has 8 heteroatoms. The first kappa shape index (κ1) is 18.4. The predicted molar refractivity (Wildman–Crippen MR) is 95.6 cm³/mol. The molecule has 0 atom stereocenters. The third-order valence-corrected chi connectivity index (χ3v) is 4.80. The van der Waals surface area contributed by atoms with E-state index in [0.717, 1.165) is 36.9 Å². The van der Waals surface area contributed by atoms with Crippen LogP contribution in [0.15, 0.2) is 22.7 Å². The molecule has 4 nitrogen and oxygen atoms in total. The molecule has 1 saturated heterocycles. The number of alkyl halides is 3. The number of hydrogen-bond acceptors (Lipinski definition) is 4. The van der Waals surface area contributed by atoms with Gasteiger partial charge < -0.3 is 10.2 Å². The fraction of sp³-hybridized carbons (Fsp3) is 0.529. The lowest BCUT2D eigenvalue weighted by molar-refractivity contribution is -0.144. The number of nitrogens with zero attached hydrogens (tertiary/aromatic N) is 3. The number of rotatable bonds is 6. The maximum Gasteiger partial charge on any atom is 0.451 e. The molecule has 1 aliphatic heterocycles. The van der Waals surface area contributed by atoms with Gasteiger partial charge in [0.25, 0.3) is 0 Å². The summed E-state index contributed by atoms with van der Waals surface area (Å²) in [4.78, 5) is 9.78. The van der Waals surface area contributed by atoms with Crippen LogP contribution in [0.1, 0.15) is 31.5 Å². The molecule has 1 N–H and O–H groups in total. The third kappa shape index (κ3) is 4.82. The molecule has 0 amide bonds. The van der Waals surface area contributed by atoms with Crippen LogP contribution < -0.4 is 5.32 Å². The van der Waals surface area contributed by atoms with Gasteiger partial charge in [-0.25, -0.2) is 9.97 Å². The topological polar surface area (TPSA) is 41.1 Å². The van der Waals surface area contributed by atoms with Crippen LogP contribution in [-0.2, 0) is 6.18 Å². The van der Waals surface area contributed by atoms with Crippen molar-refractivity contribution in [3.8, 4) is 0 Å². The smallest absolute Gasteiger partial charge is 0.369 e. The first-order valence-corrected chi connectivity index (χ1v) is 9.23. The van der Waals surface area contributed by atoms with Gasteiger partial charge in [0.2, 0.25) is 5.82 Å². The molecule has 25 heavy (non-hydrogen) atoms. The average molecular weight is 417 g/mol. The number of anilines is 1. The minimum Gasteiger partial charge on any atom is -0.369 e. The van der Waals surface area contributed by atoms with Gasteiger partial charge in [-0.2, -0.15) is 13.2 Å². The van der Waals surface area contributed by atoms with Crippen LogP contribution in [0.4, 0.5) is 19.0 Å². The van der Waals surface area contributed by atoms with Gasteiger partial charge in [-0.1, -0.05) is 15.9 Å². The zero-order valence-electron chi connectivity index (χ0n) is 13.7. The van der Waals surface area contributed by atoms with Crippen LogP contribution >= 0.6 is 15.9 Å². The predicted octanol–water partition coefficient (Wildman–Crippen LogP) is 4.70. The highest BCUT2D eigenvalue weighted by Gasteiger charge is 2.35. The Morgan fingerprint density at radius 1 is 1.12 bits per heavy atom. The standard InChI is InChI=1S/C17H20BrF3N4/c18-12-5-6-14-13(11-12)15(24-16(23-14)17(19,20)21)22-7-1-2-8-25-9-3-4-10-25/h5-6,11H,1-4,7-10H2,(H,22,23,24). The molecule has 0 bridgehead atoms. The maximum absolute atomic E-state index is 13.0. The summed E-state index contributed by atoms with van der Waals surface area (Å²) >= 11 is 3.34. The van der Waals surface area contributed by atoms with E-state index in [1.165, 1.54) is 12.8 Å². The van der Waals surface area contributed by atoms with Crippen molar-refractivity contribution in [2.24, 2.45) is 0 Å². The monoisotopic (exact) mass is 416 g/mol. The van der Waals surface area contributed by atoms with Gasteiger partial charge in [0.05, 0.1) is 5.52 Å². The Bertz CT molecular complexity index is 730. The molecule has 1 aromatic heterocycles. The van der Waals surface area contributed by atoms with E-state index in [-0.39, 0.29) is 11.3 Å². The zero-order valence-corrected chi connectivity index (χ0v) is 15.3. The van der Waals surface area contributed by atoms with Gasteiger partial charge in [0.15, 0.2) is 0 Å². The molecule has 0 aliphatic carbocycles. The Labute approximate surface area is 153 Å². The molecule has 1 aromatic carbocycles. The molecule has 2 heterocycles. The molecule has 0 spiro atoms. The fourth-order valence-corrected chi connectivity index (χ4v) is 3.40. The Morgan fingerprint density at radius 3 is 2.60 bits per heavy atom. The minimum absolute atomic E-state index is 0.236. The molecule has 0 saturated carbocycles. The second kappa shape index (κ2) is 7.86. The molecule has 0 radical (unpaired) electrons. The number of benzene rings is 1. The first-order valence-electron chi connectivity index (χ1n) is 8.44. The van der Waals surface area contributed by atoms with E-state index < -0.39 is 12.0 Å². The van der Waals surface area contributed by atoms with E-state index in [9.17, 15) is 13.2 Å². The second-order valence-electron chi connectivity index (χ2n) is 6.24. The van der Waals surface area contributed by atoms with Gasteiger partial charge in [-0.3, -0.25) is 0 Å². The summed E-state index contributed by atoms with van der Waals surface area (Å²) in [6, 6.07) is 4.98. The number of fused-ring (bicyclic) bond motifs is 1. The van der Waals surface area contributed by atoms with Crippen molar-refractivity contribution in [2.75, 3.05) is 31.5 Å². The highest BCUT2D eigenvalue weighted by Crippen LogP contribution is 2.31. The number of likely N-dealkylation sites (tertiary alicyclic amines) is 1. The number of aromatic nitrogens is 2. The van der Waals surface area contributed by atoms with Crippen LogP contribution in [0.2, 0.25) is 0 Å². The van der Waals surface area contributed by atoms with Crippen LogP contribution in [0, 0.1) is 0 Å². The van der Waals surface area contributed by atoms with Gasteiger partial charge in [0.1, 0.15) is 5.82 Å². The number of unbranched alkanes of at least 4 members (excludes halogenated alkanes) is 1. The van der Waals surface area contributed by atoms with Crippen molar-refractivity contribution in [1.82, 2.24) is 14.9 Å². The van der Waals surface area contributed by atoms with E-state index in [1.807, 2.05) is 0 Å². The lowest BCUT2D eigenvalue weighted by Crippen LogP contribution is -2.21. The Morgan fingerprint density at radius 2 is 1.88 bits per heavy atom. The first-order chi connectivity index (χ1) is 11.9. The normalized spacial score (nSPS) is 15.8. The summed E-state index contributed by atoms with van der Waals surface area (Å²) in [7, 11) is 0. The lowest BCUT2D eigenvalue weighted by Gasteiger charge is -2.15. The number of hydrogen-bond donors (Lipinski definition) is 1. The van der Waals surface area contributed by atoms with Crippen molar-refractivity contribution in [3.05, 3.63) is 28.5 Å². The van der Waals surface area contributed by atoms with Crippen molar-refractivity contribution < 1.29 is 13.2 Å². The van der Waals surface area contributed by atoms with Crippen LogP contribution in [0.3, 0.4) is 0 Å². The van der Waals surface area contributed by atoms with E-state index in [2.05, 4.69) is 36.1 Å². The van der Waals surface area contributed by atoms with Crippen LogP contribution in [-0.4, -0.2) is 41.0 Å². The quantitative estimate of drug-likeness (QED) is 0.692. The highest BCUT2D eigenvalue weighted by molar-refractivity contribution is 9.10. The molecular weight excluding hydrogens is 397 g/mol. The number of nitrogens with one attached hydrogen (secondary N) is 1. The summed E-state index contributed by atoms with van der Waals surface area (Å²) in [6.45, 7) is 3.95. The number of halogens is 4. The summed E-state index contributed by atoms with van der Waals surface area (Å²) in [5.41, 5.74) is 0.282. The van der Waals surface area contributed by atoms with Gasteiger partial charge >= 0.3 is 6.18 Å². The van der Waals surface area contributed by atoms with Crippen LogP contribution in [0.5, 0.6) is 0 Å². The van der Waals surface area contributed by atoms with Gasteiger partial charge in [-0.05, 0) is 63.5 Å². The molecule has 136 valence electrons. The van der Waals surface area contributed by atoms with Crippen molar-refractivity contribution >= 4 is 32.7 Å². The lowest BCUT2D eigenvalue weighted by atomic mass is 10.2. The van der Waals surface area contributed by atoms with Crippen molar-refractivity contribution in [2.45, 2.75) is 31.9 Å². The molecule has 1 aliphatic rings. The highest BCUT2D eigenvalue weighted by atomic mass is 79.9. The second-order valence-corrected chi connectivity index (χ2v) is 7.15. The molecular formula is C17H20BrF3N4. The Hall–Kier alpha value is -1.41. The zero-order chi connectivity index (χ0) is 17.9. The SMILES string of the molecule is FC(F)(F)c1nc(NCCCCN2CCCC2)c2cc(Br)ccc2n1. The molecule has 1 fully saturated rings. The average Bonchev–Trinajstić information content (AvgIpc) is 3.07. The van der Waals surface area contributed by atoms with E-state index in [0.29, 0.717) is 11.9 Å². The molecule has 2 aromatic rings. The van der Waals surface area contributed by atoms with Gasteiger partial charge in [0, 0.05) is 16.4 Å². The van der Waals surface area contributed by atoms with Crippen molar-refractivity contribution in [3.63, 3.8) is 0 Å². The summed E-state index contributed by atoms with van der Waals surface area (Å²) in [5, 5.41) is 3.65. The minimum atomic E-state index is -4.56. The van der Waals surface area contributed by atoms with E-state index in [4.69, 9.17) is 0 Å². The molecule has 0 unspecified atom stereocenters. The fourth-order valence-electron chi connectivity index (χ4n) is 3.04. The van der Waals surface area contributed by atoms with Crippen molar-refractivity contribution in [1.29, 1.82) is 0 Å².